The summed E-state index contributed by atoms with van der Waals surface area (Å²) in [5.74, 6) is 0. The summed E-state index contributed by atoms with van der Waals surface area (Å²) in [6.07, 6.45) is 0. The van der Waals surface area contributed by atoms with E-state index in [0.717, 1.165) is 0 Å². The van der Waals surface area contributed by atoms with E-state index in [2.05, 4.69) is 50.7 Å². The molecule has 0 amide bonds. The van der Waals surface area contributed by atoms with Crippen LogP contribution in [0.2, 0.25) is 13.1 Å². The van der Waals surface area contributed by atoms with Gasteiger partial charge in [-0.2, -0.15) is 0 Å². The molecule has 0 aromatic heterocycles. The van der Waals surface area contributed by atoms with Crippen LogP contribution < -0.4 is 10.6 Å². The van der Waals surface area contributed by atoms with Gasteiger partial charge in [0.1, 0.15) is 7.41 Å². The van der Waals surface area contributed by atoms with E-state index in [1.165, 1.54) is 0 Å². The van der Waals surface area contributed by atoms with E-state index in [4.69, 9.17) is 0 Å². The highest BCUT2D eigenvalue weighted by atomic mass is 31.7. The second kappa shape index (κ2) is 3.16. The molecule has 1 aromatic rings. The van der Waals surface area contributed by atoms with E-state index >= 15 is 0 Å². The molecule has 0 aliphatic carbocycles. The van der Waals surface area contributed by atoms with Crippen LogP contribution in [-0.4, -0.2) is 20.7 Å². The zero-order valence-electron chi connectivity index (χ0n) is 8.70. The van der Waals surface area contributed by atoms with Crippen LogP contribution in [0, 0.1) is 0 Å². The minimum Gasteiger partial charge on any atom is -0.0850 e. The lowest BCUT2D eigenvalue weighted by atomic mass is 10.4. The predicted octanol–water partition coefficient (Wildman–Crippen LogP) is 2.88. The topological polar surface area (TPSA) is 0 Å². The molecule has 2 rings (SSSR count). The lowest BCUT2D eigenvalue weighted by Gasteiger charge is -2.26. The van der Waals surface area contributed by atoms with Gasteiger partial charge >= 0.3 is 0 Å². The highest BCUT2D eigenvalue weighted by molar-refractivity contribution is 8.31. The fourth-order valence-corrected chi connectivity index (χ4v) is 18.4. The third kappa shape index (κ3) is 1.33. The van der Waals surface area contributed by atoms with Gasteiger partial charge in [-0.25, -0.2) is 0 Å². The summed E-state index contributed by atoms with van der Waals surface area (Å²) in [5.41, 5.74) is 0. The summed E-state index contributed by atoms with van der Waals surface area (Å²) in [7, 11) is -0.514. The zero-order chi connectivity index (χ0) is 9.64. The number of rotatable bonds is 0. The van der Waals surface area contributed by atoms with Gasteiger partial charge in [-0.05, 0) is 23.9 Å². The molecule has 1 aliphatic heterocycles. The predicted molar refractivity (Wildman–Crippen MR) is 68.9 cm³/mol. The van der Waals surface area contributed by atoms with Crippen LogP contribution in [0.25, 0.3) is 0 Å². The van der Waals surface area contributed by atoms with Crippen LogP contribution in [0.15, 0.2) is 24.3 Å². The summed E-state index contributed by atoms with van der Waals surface area (Å²) < 4.78 is 0. The standard InChI is InChI=1S/C10H16P2Si/c1-11-9-7-5-6-8-10(9)12(2)13(11,3)4/h5-8H,1-4H3. The lowest BCUT2D eigenvalue weighted by molar-refractivity contribution is 1.83. The monoisotopic (exact) mass is 226 g/mol. The minimum atomic E-state index is -0.922. The Bertz CT molecular complexity index is 304. The normalized spacial score (nSPS) is 30.2. The quantitative estimate of drug-likeness (QED) is 0.471. The molecule has 0 saturated carbocycles. The molecule has 0 spiro atoms. The fraction of sp³-hybridized carbons (Fsp3) is 0.400. The van der Waals surface area contributed by atoms with E-state index in [1.54, 1.807) is 10.6 Å². The Labute approximate surface area is 84.0 Å². The van der Waals surface area contributed by atoms with Crippen LogP contribution >= 0.6 is 14.9 Å². The second-order valence-corrected chi connectivity index (χ2v) is 22.1. The molecule has 1 aromatic carbocycles. The Kier molecular flexibility index (Phi) is 2.39. The smallest absolute Gasteiger partial charge is 0.0850 e. The first-order valence-corrected chi connectivity index (χ1v) is 12.9. The number of hydrogen-bond donors (Lipinski definition) is 0. The molecule has 1 heterocycles. The summed E-state index contributed by atoms with van der Waals surface area (Å²) in [5, 5.41) is 3.42. The van der Waals surface area contributed by atoms with Crippen molar-refractivity contribution in [2.75, 3.05) is 13.3 Å². The van der Waals surface area contributed by atoms with Gasteiger partial charge in [0.25, 0.3) is 0 Å². The Morgan fingerprint density at radius 1 is 0.923 bits per heavy atom. The third-order valence-electron chi connectivity index (χ3n) is 3.25. The summed E-state index contributed by atoms with van der Waals surface area (Å²) in [6.45, 7) is 10.1. The van der Waals surface area contributed by atoms with Crippen LogP contribution in [0.1, 0.15) is 0 Å². The summed E-state index contributed by atoms with van der Waals surface area (Å²) in [4.78, 5) is 0. The van der Waals surface area contributed by atoms with Crippen LogP contribution in [0.3, 0.4) is 0 Å². The first-order valence-electron chi connectivity index (χ1n) is 4.62. The molecule has 2 unspecified atom stereocenters. The molecule has 70 valence electrons. The molecular formula is C10H16P2Si. The van der Waals surface area contributed by atoms with Crippen LogP contribution in [0.4, 0.5) is 0 Å². The average Bonchev–Trinajstić information content (AvgIpc) is 2.30. The van der Waals surface area contributed by atoms with Gasteiger partial charge in [-0.3, -0.25) is 0 Å². The van der Waals surface area contributed by atoms with Crippen LogP contribution in [-0.2, 0) is 0 Å². The van der Waals surface area contributed by atoms with Crippen molar-refractivity contribution in [3.63, 3.8) is 0 Å². The van der Waals surface area contributed by atoms with Crippen molar-refractivity contribution in [1.82, 2.24) is 0 Å². The third-order valence-corrected chi connectivity index (χ3v) is 25.6. The Balaban J connectivity index is 2.57. The van der Waals surface area contributed by atoms with Crippen molar-refractivity contribution in [1.29, 1.82) is 0 Å². The maximum atomic E-state index is 2.57. The van der Waals surface area contributed by atoms with Crippen molar-refractivity contribution < 1.29 is 0 Å². The molecule has 2 atom stereocenters. The van der Waals surface area contributed by atoms with Crippen LogP contribution in [0.5, 0.6) is 0 Å². The van der Waals surface area contributed by atoms with Gasteiger partial charge in [0, 0.05) is 0 Å². The lowest BCUT2D eigenvalue weighted by Crippen LogP contribution is -2.18. The molecule has 13 heavy (non-hydrogen) atoms. The Morgan fingerprint density at radius 3 is 1.69 bits per heavy atom. The van der Waals surface area contributed by atoms with Gasteiger partial charge in [0.05, 0.1) is 0 Å². The van der Waals surface area contributed by atoms with Gasteiger partial charge in [0.15, 0.2) is 0 Å². The minimum absolute atomic E-state index is 0.204. The maximum absolute atomic E-state index is 2.57. The van der Waals surface area contributed by atoms with Gasteiger partial charge < -0.3 is 0 Å². The molecule has 0 radical (unpaired) electrons. The molecule has 0 fully saturated rings. The molecule has 0 bridgehead atoms. The van der Waals surface area contributed by atoms with Crippen molar-refractivity contribution in [2.24, 2.45) is 0 Å². The number of benzene rings is 1. The Morgan fingerprint density at radius 2 is 1.31 bits per heavy atom. The average molecular weight is 226 g/mol. The molecule has 3 heteroatoms. The summed E-state index contributed by atoms with van der Waals surface area (Å²) >= 11 is 0. The molecule has 1 aliphatic rings. The van der Waals surface area contributed by atoms with Crippen molar-refractivity contribution in [3.05, 3.63) is 24.3 Å². The van der Waals surface area contributed by atoms with Crippen molar-refractivity contribution >= 4 is 33.0 Å². The molecule has 0 saturated heterocycles. The van der Waals surface area contributed by atoms with Crippen molar-refractivity contribution in [3.8, 4) is 0 Å². The van der Waals surface area contributed by atoms with E-state index in [0.29, 0.717) is 0 Å². The molecular weight excluding hydrogens is 210 g/mol. The fourth-order valence-electron chi connectivity index (χ4n) is 1.85. The molecule has 0 nitrogen and oxygen atoms in total. The van der Waals surface area contributed by atoms with Crippen molar-refractivity contribution in [2.45, 2.75) is 13.1 Å². The highest BCUT2D eigenvalue weighted by Gasteiger charge is 2.43. The zero-order valence-corrected chi connectivity index (χ0v) is 11.5. The largest absolute Gasteiger partial charge is 0.111 e. The first kappa shape index (κ1) is 9.84. The maximum Gasteiger partial charge on any atom is 0.111 e. The Hall–Kier alpha value is 0.297. The number of fused-ring (bicyclic) bond motifs is 1. The SMILES string of the molecule is CP1c2ccccc2P(C)[Si]1(C)C. The van der Waals surface area contributed by atoms with Gasteiger partial charge in [-0.15, -0.1) is 0 Å². The number of hydrogen-bond acceptors (Lipinski definition) is 0. The van der Waals surface area contributed by atoms with E-state index in [-0.39, 0.29) is 14.9 Å². The van der Waals surface area contributed by atoms with E-state index < -0.39 is 7.41 Å². The second-order valence-electron chi connectivity index (χ2n) is 4.10. The first-order chi connectivity index (χ1) is 6.05. The summed E-state index contributed by atoms with van der Waals surface area (Å²) in [6, 6.07) is 9.14. The van der Waals surface area contributed by atoms with E-state index in [9.17, 15) is 0 Å². The van der Waals surface area contributed by atoms with Gasteiger partial charge in [0.2, 0.25) is 0 Å². The molecule has 0 N–H and O–H groups in total. The van der Waals surface area contributed by atoms with Gasteiger partial charge in [-0.1, -0.05) is 52.3 Å². The highest BCUT2D eigenvalue weighted by Crippen LogP contribution is 2.63. The van der Waals surface area contributed by atoms with E-state index in [1.807, 2.05) is 0 Å².